The molecule has 1 atom stereocenters. The predicted octanol–water partition coefficient (Wildman–Crippen LogP) is -0.121. The molecule has 2 N–H and O–H groups in total. The maximum Gasteiger partial charge on any atom is 0.245 e. The van der Waals surface area contributed by atoms with E-state index in [-0.39, 0.29) is 11.9 Å². The number of H-pyrrole nitrogens is 1. The van der Waals surface area contributed by atoms with Gasteiger partial charge >= 0.3 is 0 Å². The van der Waals surface area contributed by atoms with Gasteiger partial charge in [0.15, 0.2) is 0 Å². The van der Waals surface area contributed by atoms with Crippen LogP contribution in [-0.4, -0.2) is 30.6 Å². The standard InChI is InChI=1S/C9H12N6O/c1-7(15-6-10-5-14-15)9(16)13-4-8-11-2-3-12-8/h2-3,5-7H,4H2,1H3,(H,11,12)(H,13,16). The Labute approximate surface area is 91.9 Å². The van der Waals surface area contributed by atoms with Crippen LogP contribution < -0.4 is 5.32 Å². The molecule has 0 radical (unpaired) electrons. The maximum atomic E-state index is 11.7. The van der Waals surface area contributed by atoms with Crippen LogP contribution in [0.15, 0.2) is 25.0 Å². The van der Waals surface area contributed by atoms with E-state index in [1.165, 1.54) is 17.3 Å². The van der Waals surface area contributed by atoms with Crippen molar-refractivity contribution in [3.8, 4) is 0 Å². The van der Waals surface area contributed by atoms with Crippen molar-refractivity contribution in [2.24, 2.45) is 0 Å². The van der Waals surface area contributed by atoms with E-state index in [1.807, 2.05) is 0 Å². The Balaban J connectivity index is 1.89. The van der Waals surface area contributed by atoms with E-state index in [1.54, 1.807) is 19.3 Å². The molecule has 0 spiro atoms. The summed E-state index contributed by atoms with van der Waals surface area (Å²) < 4.78 is 1.50. The minimum atomic E-state index is -0.377. The first-order valence-corrected chi connectivity index (χ1v) is 4.87. The zero-order valence-corrected chi connectivity index (χ0v) is 8.79. The minimum absolute atomic E-state index is 0.123. The van der Waals surface area contributed by atoms with E-state index in [2.05, 4.69) is 25.4 Å². The number of nitrogens with one attached hydrogen (secondary N) is 2. The first-order chi connectivity index (χ1) is 7.77. The third kappa shape index (κ3) is 2.25. The van der Waals surface area contributed by atoms with Crippen molar-refractivity contribution in [1.82, 2.24) is 30.0 Å². The molecule has 7 nitrogen and oxygen atoms in total. The number of amides is 1. The lowest BCUT2D eigenvalue weighted by Crippen LogP contribution is -2.31. The quantitative estimate of drug-likeness (QED) is 0.751. The molecular weight excluding hydrogens is 208 g/mol. The Bertz CT molecular complexity index is 435. The lowest BCUT2D eigenvalue weighted by molar-refractivity contribution is -0.124. The number of hydrogen-bond donors (Lipinski definition) is 2. The molecular formula is C9H12N6O. The maximum absolute atomic E-state index is 11.7. The van der Waals surface area contributed by atoms with Crippen LogP contribution in [0.25, 0.3) is 0 Å². The van der Waals surface area contributed by atoms with Gasteiger partial charge in [-0.2, -0.15) is 5.10 Å². The first-order valence-electron chi connectivity index (χ1n) is 4.87. The van der Waals surface area contributed by atoms with Gasteiger partial charge in [0, 0.05) is 12.4 Å². The summed E-state index contributed by atoms with van der Waals surface area (Å²) in [5, 5.41) is 6.66. The van der Waals surface area contributed by atoms with Crippen molar-refractivity contribution < 1.29 is 4.79 Å². The van der Waals surface area contributed by atoms with Crippen molar-refractivity contribution in [2.45, 2.75) is 19.5 Å². The van der Waals surface area contributed by atoms with Gasteiger partial charge in [0.1, 0.15) is 24.5 Å². The lowest BCUT2D eigenvalue weighted by atomic mass is 10.3. The Morgan fingerprint density at radius 3 is 3.19 bits per heavy atom. The number of carbonyl (C=O) groups is 1. The van der Waals surface area contributed by atoms with E-state index < -0.39 is 0 Å². The Morgan fingerprint density at radius 1 is 1.69 bits per heavy atom. The third-order valence-corrected chi connectivity index (χ3v) is 2.20. The van der Waals surface area contributed by atoms with Gasteiger partial charge < -0.3 is 10.3 Å². The average molecular weight is 220 g/mol. The van der Waals surface area contributed by atoms with Crippen LogP contribution in [0.1, 0.15) is 18.8 Å². The lowest BCUT2D eigenvalue weighted by Gasteiger charge is -2.10. The highest BCUT2D eigenvalue weighted by Gasteiger charge is 2.14. The summed E-state index contributed by atoms with van der Waals surface area (Å²) in [7, 11) is 0. The molecule has 0 aromatic carbocycles. The van der Waals surface area contributed by atoms with E-state index in [9.17, 15) is 4.79 Å². The molecule has 1 unspecified atom stereocenters. The van der Waals surface area contributed by atoms with Gasteiger partial charge in [-0.1, -0.05) is 0 Å². The van der Waals surface area contributed by atoms with E-state index >= 15 is 0 Å². The SMILES string of the molecule is CC(C(=O)NCc1ncc[nH]1)n1cncn1. The van der Waals surface area contributed by atoms with Gasteiger partial charge in [-0.3, -0.25) is 4.79 Å². The summed E-state index contributed by atoms with van der Waals surface area (Å²) in [5.41, 5.74) is 0. The number of aromatic nitrogens is 5. The second-order valence-corrected chi connectivity index (χ2v) is 3.31. The summed E-state index contributed by atoms with van der Waals surface area (Å²) in [4.78, 5) is 22.4. The van der Waals surface area contributed by atoms with Crippen molar-refractivity contribution in [3.05, 3.63) is 30.9 Å². The number of rotatable bonds is 4. The molecule has 0 aliphatic carbocycles. The third-order valence-electron chi connectivity index (χ3n) is 2.20. The molecule has 2 heterocycles. The van der Waals surface area contributed by atoms with Gasteiger partial charge in [0.05, 0.1) is 6.54 Å². The van der Waals surface area contributed by atoms with Crippen molar-refractivity contribution in [3.63, 3.8) is 0 Å². The summed E-state index contributed by atoms with van der Waals surface area (Å²) in [5.74, 6) is 0.598. The first kappa shape index (κ1) is 10.3. The number of nitrogens with zero attached hydrogens (tertiary/aromatic N) is 4. The summed E-state index contributed by atoms with van der Waals surface area (Å²) in [6, 6.07) is -0.377. The number of hydrogen-bond acceptors (Lipinski definition) is 4. The van der Waals surface area contributed by atoms with Crippen LogP contribution in [0.4, 0.5) is 0 Å². The zero-order valence-electron chi connectivity index (χ0n) is 8.79. The highest BCUT2D eigenvalue weighted by atomic mass is 16.2. The molecule has 0 bridgehead atoms. The summed E-state index contributed by atoms with van der Waals surface area (Å²) >= 11 is 0. The van der Waals surface area contributed by atoms with Crippen molar-refractivity contribution in [1.29, 1.82) is 0 Å². The van der Waals surface area contributed by atoms with Crippen LogP contribution in [-0.2, 0) is 11.3 Å². The molecule has 0 saturated heterocycles. The van der Waals surface area contributed by atoms with Gasteiger partial charge in [0.25, 0.3) is 0 Å². The Morgan fingerprint density at radius 2 is 2.56 bits per heavy atom. The van der Waals surface area contributed by atoms with Crippen LogP contribution in [0, 0.1) is 0 Å². The van der Waals surface area contributed by atoms with E-state index in [4.69, 9.17) is 0 Å². The smallest absolute Gasteiger partial charge is 0.245 e. The predicted molar refractivity (Wildman–Crippen MR) is 55.2 cm³/mol. The largest absolute Gasteiger partial charge is 0.347 e. The fourth-order valence-electron chi connectivity index (χ4n) is 1.25. The van der Waals surface area contributed by atoms with E-state index in [0.29, 0.717) is 6.54 Å². The van der Waals surface area contributed by atoms with Crippen molar-refractivity contribution >= 4 is 5.91 Å². The Kier molecular flexibility index (Phi) is 2.95. The second kappa shape index (κ2) is 4.56. The normalized spacial score (nSPS) is 12.3. The number of carbonyl (C=O) groups excluding carboxylic acids is 1. The highest BCUT2D eigenvalue weighted by molar-refractivity contribution is 5.79. The molecule has 2 aromatic heterocycles. The molecule has 1 amide bonds. The molecule has 2 aromatic rings. The fraction of sp³-hybridized carbons (Fsp3) is 0.333. The molecule has 7 heteroatoms. The Hall–Kier alpha value is -2.18. The number of imidazole rings is 1. The van der Waals surface area contributed by atoms with Crippen LogP contribution in [0.5, 0.6) is 0 Å². The van der Waals surface area contributed by atoms with Crippen LogP contribution in [0.2, 0.25) is 0 Å². The molecule has 16 heavy (non-hydrogen) atoms. The summed E-state index contributed by atoms with van der Waals surface area (Å²) in [6.45, 7) is 2.14. The molecule has 0 aliphatic rings. The summed E-state index contributed by atoms with van der Waals surface area (Å²) in [6.07, 6.45) is 6.26. The fourth-order valence-corrected chi connectivity index (χ4v) is 1.25. The van der Waals surface area contributed by atoms with Crippen LogP contribution >= 0.6 is 0 Å². The van der Waals surface area contributed by atoms with Gasteiger partial charge in [0.2, 0.25) is 5.91 Å². The van der Waals surface area contributed by atoms with E-state index in [0.717, 1.165) is 5.82 Å². The molecule has 0 saturated carbocycles. The topological polar surface area (TPSA) is 88.5 Å². The molecule has 0 fully saturated rings. The van der Waals surface area contributed by atoms with Crippen LogP contribution in [0.3, 0.4) is 0 Å². The van der Waals surface area contributed by atoms with Crippen molar-refractivity contribution in [2.75, 3.05) is 0 Å². The van der Waals surface area contributed by atoms with Gasteiger partial charge in [-0.25, -0.2) is 14.6 Å². The number of aromatic amines is 1. The molecule has 0 aliphatic heterocycles. The monoisotopic (exact) mass is 220 g/mol. The zero-order chi connectivity index (χ0) is 11.4. The highest BCUT2D eigenvalue weighted by Crippen LogP contribution is 2.01. The van der Waals surface area contributed by atoms with Gasteiger partial charge in [-0.05, 0) is 6.92 Å². The molecule has 84 valence electrons. The average Bonchev–Trinajstić information content (AvgIpc) is 2.96. The molecule has 2 rings (SSSR count). The van der Waals surface area contributed by atoms with Gasteiger partial charge in [-0.15, -0.1) is 0 Å². The minimum Gasteiger partial charge on any atom is -0.347 e. The second-order valence-electron chi connectivity index (χ2n) is 3.31.